The Balaban J connectivity index is 2.46. The van der Waals surface area contributed by atoms with E-state index in [-0.39, 0.29) is 0 Å². The number of halogens is 1. The normalized spacial score (nSPS) is 13.5. The largest absolute Gasteiger partial charge is 0.486 e. The lowest BCUT2D eigenvalue weighted by atomic mass is 9.99. The molecule has 1 aromatic rings. The van der Waals surface area contributed by atoms with Gasteiger partial charge in [-0.1, -0.05) is 22.9 Å². The molecular formula is C13H15BrO3. The second-order valence-electron chi connectivity index (χ2n) is 3.90. The van der Waals surface area contributed by atoms with Crippen molar-refractivity contribution in [2.45, 2.75) is 26.2 Å². The van der Waals surface area contributed by atoms with Crippen molar-refractivity contribution in [2.75, 3.05) is 13.2 Å². The van der Waals surface area contributed by atoms with E-state index >= 15 is 0 Å². The highest BCUT2D eigenvalue weighted by Gasteiger charge is 2.20. The minimum Gasteiger partial charge on any atom is -0.486 e. The van der Waals surface area contributed by atoms with E-state index in [1.165, 1.54) is 0 Å². The zero-order chi connectivity index (χ0) is 12.3. The van der Waals surface area contributed by atoms with Crippen LogP contribution in [0.2, 0.25) is 0 Å². The highest BCUT2D eigenvalue weighted by atomic mass is 79.9. The predicted octanol–water partition coefficient (Wildman–Crippen LogP) is 2.91. The average Bonchev–Trinajstić information content (AvgIpc) is 2.35. The zero-order valence-corrected chi connectivity index (χ0v) is 11.4. The van der Waals surface area contributed by atoms with Crippen LogP contribution < -0.4 is 9.47 Å². The molecule has 17 heavy (non-hydrogen) atoms. The second kappa shape index (κ2) is 5.54. The molecule has 0 aromatic heterocycles. The van der Waals surface area contributed by atoms with Crippen molar-refractivity contribution in [3.05, 3.63) is 21.7 Å². The Morgan fingerprint density at radius 1 is 1.35 bits per heavy atom. The number of rotatable bonds is 4. The van der Waals surface area contributed by atoms with Gasteiger partial charge in [0.1, 0.15) is 19.5 Å². The first-order chi connectivity index (χ1) is 8.27. The Bertz CT molecular complexity index is 429. The maximum atomic E-state index is 10.5. The van der Waals surface area contributed by atoms with Crippen LogP contribution in [0.3, 0.4) is 0 Å². The van der Waals surface area contributed by atoms with Crippen molar-refractivity contribution in [3.8, 4) is 11.5 Å². The van der Waals surface area contributed by atoms with Gasteiger partial charge in [0, 0.05) is 16.5 Å². The van der Waals surface area contributed by atoms with E-state index in [9.17, 15) is 4.79 Å². The third kappa shape index (κ3) is 2.46. The predicted molar refractivity (Wildman–Crippen MR) is 68.9 cm³/mol. The fraction of sp³-hybridized carbons (Fsp3) is 0.462. The van der Waals surface area contributed by atoms with E-state index in [1.54, 1.807) is 0 Å². The molecule has 1 aliphatic rings. The summed E-state index contributed by atoms with van der Waals surface area (Å²) in [6, 6.07) is 1.94. The molecule has 0 saturated heterocycles. The number of hydrogen-bond acceptors (Lipinski definition) is 3. The van der Waals surface area contributed by atoms with E-state index < -0.39 is 0 Å². The van der Waals surface area contributed by atoms with Crippen molar-refractivity contribution in [2.24, 2.45) is 0 Å². The standard InChI is InChI=1S/C13H15BrO3/c1-2-9-10(4-3-5-15)11(14)8-12-13(9)17-7-6-16-12/h5,8H,2-4,6-7H2,1H3. The van der Waals surface area contributed by atoms with Crippen molar-refractivity contribution in [3.63, 3.8) is 0 Å². The molecule has 1 aromatic carbocycles. The highest BCUT2D eigenvalue weighted by Crippen LogP contribution is 2.40. The summed E-state index contributed by atoms with van der Waals surface area (Å²) in [4.78, 5) is 10.5. The first kappa shape index (κ1) is 12.4. The fourth-order valence-electron chi connectivity index (χ4n) is 2.11. The molecule has 3 nitrogen and oxygen atoms in total. The Morgan fingerprint density at radius 3 is 2.82 bits per heavy atom. The molecule has 4 heteroatoms. The van der Waals surface area contributed by atoms with Crippen LogP contribution in [0.25, 0.3) is 0 Å². The molecule has 0 fully saturated rings. The van der Waals surface area contributed by atoms with Crippen molar-refractivity contribution >= 4 is 22.2 Å². The van der Waals surface area contributed by atoms with Crippen molar-refractivity contribution < 1.29 is 14.3 Å². The first-order valence-corrected chi connectivity index (χ1v) is 6.60. The summed E-state index contributed by atoms with van der Waals surface area (Å²) in [6.45, 7) is 3.27. The van der Waals surface area contributed by atoms with Gasteiger partial charge in [0.25, 0.3) is 0 Å². The van der Waals surface area contributed by atoms with Gasteiger partial charge < -0.3 is 14.3 Å². The van der Waals surface area contributed by atoms with Crippen LogP contribution in [-0.2, 0) is 17.6 Å². The number of hydrogen-bond donors (Lipinski definition) is 0. The fourth-order valence-corrected chi connectivity index (χ4v) is 2.75. The number of carbonyl (C=O) groups is 1. The first-order valence-electron chi connectivity index (χ1n) is 5.81. The second-order valence-corrected chi connectivity index (χ2v) is 4.75. The van der Waals surface area contributed by atoms with Crippen molar-refractivity contribution in [1.82, 2.24) is 0 Å². The molecule has 1 heterocycles. The van der Waals surface area contributed by atoms with E-state index in [4.69, 9.17) is 9.47 Å². The molecule has 1 aliphatic heterocycles. The summed E-state index contributed by atoms with van der Waals surface area (Å²) in [5.41, 5.74) is 2.31. The van der Waals surface area contributed by atoms with Crippen LogP contribution >= 0.6 is 15.9 Å². The molecule has 0 unspecified atom stereocenters. The molecule has 0 bridgehead atoms. The lowest BCUT2D eigenvalue weighted by molar-refractivity contribution is -0.107. The van der Waals surface area contributed by atoms with Gasteiger partial charge in [0.05, 0.1) is 0 Å². The topological polar surface area (TPSA) is 35.5 Å². The molecule has 0 N–H and O–H groups in total. The van der Waals surface area contributed by atoms with Crippen LogP contribution in [-0.4, -0.2) is 19.5 Å². The minimum absolute atomic E-state index is 0.533. The maximum absolute atomic E-state index is 10.5. The van der Waals surface area contributed by atoms with Gasteiger partial charge in [0.2, 0.25) is 0 Å². The van der Waals surface area contributed by atoms with Gasteiger partial charge in [0.15, 0.2) is 11.5 Å². The Labute approximate surface area is 109 Å². The van der Waals surface area contributed by atoms with E-state index in [2.05, 4.69) is 22.9 Å². The van der Waals surface area contributed by atoms with Crippen LogP contribution in [0.1, 0.15) is 24.5 Å². The third-order valence-corrected chi connectivity index (χ3v) is 3.57. The Morgan fingerprint density at radius 2 is 2.12 bits per heavy atom. The van der Waals surface area contributed by atoms with Crippen LogP contribution in [0.15, 0.2) is 10.5 Å². The molecule has 0 spiro atoms. The number of carbonyl (C=O) groups excluding carboxylic acids is 1. The van der Waals surface area contributed by atoms with Crippen LogP contribution in [0.4, 0.5) is 0 Å². The molecular weight excluding hydrogens is 284 g/mol. The number of fused-ring (bicyclic) bond motifs is 1. The number of aldehydes is 1. The van der Waals surface area contributed by atoms with Crippen LogP contribution in [0.5, 0.6) is 11.5 Å². The Kier molecular flexibility index (Phi) is 4.05. The summed E-state index contributed by atoms with van der Waals surface area (Å²) in [6.07, 6.45) is 3.09. The summed E-state index contributed by atoms with van der Waals surface area (Å²) >= 11 is 3.55. The van der Waals surface area contributed by atoms with Gasteiger partial charge in [-0.15, -0.1) is 0 Å². The highest BCUT2D eigenvalue weighted by molar-refractivity contribution is 9.10. The Hall–Kier alpha value is -1.03. The molecule has 0 aliphatic carbocycles. The maximum Gasteiger partial charge on any atom is 0.164 e. The molecule has 0 amide bonds. The monoisotopic (exact) mass is 298 g/mol. The average molecular weight is 299 g/mol. The van der Waals surface area contributed by atoms with Crippen molar-refractivity contribution in [1.29, 1.82) is 0 Å². The zero-order valence-electron chi connectivity index (χ0n) is 9.79. The van der Waals surface area contributed by atoms with Gasteiger partial charge in [-0.25, -0.2) is 0 Å². The quantitative estimate of drug-likeness (QED) is 0.802. The minimum atomic E-state index is 0.533. The molecule has 0 atom stereocenters. The number of benzene rings is 1. The molecule has 2 rings (SSSR count). The van der Waals surface area contributed by atoms with Gasteiger partial charge >= 0.3 is 0 Å². The van der Waals surface area contributed by atoms with Crippen LogP contribution in [0, 0.1) is 0 Å². The molecule has 92 valence electrons. The number of ether oxygens (including phenoxy) is 2. The third-order valence-electron chi connectivity index (χ3n) is 2.86. The lowest BCUT2D eigenvalue weighted by Gasteiger charge is -2.23. The lowest BCUT2D eigenvalue weighted by Crippen LogP contribution is -2.17. The van der Waals surface area contributed by atoms with Gasteiger partial charge in [-0.3, -0.25) is 0 Å². The molecule has 0 saturated carbocycles. The van der Waals surface area contributed by atoms with Gasteiger partial charge in [-0.2, -0.15) is 0 Å². The van der Waals surface area contributed by atoms with Gasteiger partial charge in [-0.05, 0) is 24.5 Å². The SMILES string of the molecule is CCc1c(CCC=O)c(Br)cc2c1OCCO2. The molecule has 0 radical (unpaired) electrons. The smallest absolute Gasteiger partial charge is 0.164 e. The summed E-state index contributed by atoms with van der Waals surface area (Å²) in [5.74, 6) is 1.65. The van der Waals surface area contributed by atoms with E-state index in [0.29, 0.717) is 19.6 Å². The summed E-state index contributed by atoms with van der Waals surface area (Å²) in [7, 11) is 0. The van der Waals surface area contributed by atoms with E-state index in [1.807, 2.05) is 6.07 Å². The summed E-state index contributed by atoms with van der Waals surface area (Å²) in [5, 5.41) is 0. The summed E-state index contributed by atoms with van der Waals surface area (Å²) < 4.78 is 12.3. The van der Waals surface area contributed by atoms with E-state index in [0.717, 1.165) is 46.2 Å².